The maximum atomic E-state index is 13.2. The van der Waals surface area contributed by atoms with Crippen LogP contribution in [0.15, 0.2) is 35.3 Å². The number of piperazine rings is 1. The lowest BCUT2D eigenvalue weighted by atomic mass is 9.93. The summed E-state index contributed by atoms with van der Waals surface area (Å²) in [6.07, 6.45) is 3.00. The highest BCUT2D eigenvalue weighted by atomic mass is 16.5. The topological polar surface area (TPSA) is 51.6 Å². The summed E-state index contributed by atoms with van der Waals surface area (Å²) in [5.74, 6) is 0.247. The molecule has 0 saturated carbocycles. The fourth-order valence-corrected chi connectivity index (χ4v) is 4.53. The zero-order valence-corrected chi connectivity index (χ0v) is 20.8. The van der Waals surface area contributed by atoms with Crippen molar-refractivity contribution in [1.29, 1.82) is 0 Å². The van der Waals surface area contributed by atoms with Crippen molar-refractivity contribution in [1.82, 2.24) is 19.6 Å². The standard InChI is InChI=1S/C25H41N5O2/c1-25(2)22(20-12-8-7-9-13-20)32-24(26-25)30-18-16-29(17-19-30)23(31)21(28(5)6)14-10-11-15-27(3)4/h7-9,12-13,21-22H,10-11,14-19H2,1-6H3/t21-,22?/m1/s1. The molecular formula is C25H41N5O2. The number of unbranched alkanes of at least 4 members (excludes halogenated alkanes) is 1. The van der Waals surface area contributed by atoms with Gasteiger partial charge in [0, 0.05) is 26.2 Å². The quantitative estimate of drug-likeness (QED) is 0.578. The molecule has 0 aliphatic carbocycles. The number of ether oxygens (including phenoxy) is 1. The maximum absolute atomic E-state index is 13.2. The highest BCUT2D eigenvalue weighted by Crippen LogP contribution is 2.38. The first kappa shape index (κ1) is 24.5. The van der Waals surface area contributed by atoms with Crippen LogP contribution in [0.1, 0.15) is 44.8 Å². The maximum Gasteiger partial charge on any atom is 0.288 e. The molecule has 2 heterocycles. The van der Waals surface area contributed by atoms with E-state index >= 15 is 0 Å². The minimum atomic E-state index is -0.313. The Morgan fingerprint density at radius 3 is 2.34 bits per heavy atom. The number of likely N-dealkylation sites (N-methyl/N-ethyl adjacent to an activating group) is 1. The molecule has 1 unspecified atom stereocenters. The molecule has 2 aliphatic rings. The number of rotatable bonds is 8. The van der Waals surface area contributed by atoms with E-state index in [9.17, 15) is 4.79 Å². The SMILES string of the molecule is CN(C)CCCC[C@H](C(=O)N1CCN(C2=NC(C)(C)C(c3ccccc3)O2)CC1)N(C)C. The monoisotopic (exact) mass is 443 g/mol. The van der Waals surface area contributed by atoms with E-state index in [0.717, 1.165) is 44.5 Å². The fraction of sp³-hybridized carbons (Fsp3) is 0.680. The van der Waals surface area contributed by atoms with Gasteiger partial charge in [0.1, 0.15) is 5.54 Å². The average molecular weight is 444 g/mol. The molecule has 7 heteroatoms. The van der Waals surface area contributed by atoms with Crippen molar-refractivity contribution in [2.24, 2.45) is 4.99 Å². The van der Waals surface area contributed by atoms with Crippen LogP contribution < -0.4 is 0 Å². The molecule has 1 aromatic rings. The van der Waals surface area contributed by atoms with E-state index in [1.807, 2.05) is 37.2 Å². The first-order chi connectivity index (χ1) is 15.2. The van der Waals surface area contributed by atoms with E-state index in [1.54, 1.807) is 0 Å². The molecule has 7 nitrogen and oxygen atoms in total. The largest absolute Gasteiger partial charge is 0.454 e. The smallest absolute Gasteiger partial charge is 0.288 e. The van der Waals surface area contributed by atoms with Gasteiger partial charge in [-0.3, -0.25) is 9.69 Å². The summed E-state index contributed by atoms with van der Waals surface area (Å²) in [7, 11) is 8.21. The van der Waals surface area contributed by atoms with Gasteiger partial charge in [0.25, 0.3) is 6.02 Å². The first-order valence-electron chi connectivity index (χ1n) is 11.9. The number of carbonyl (C=O) groups is 1. The molecule has 1 aromatic carbocycles. The molecular weight excluding hydrogens is 402 g/mol. The summed E-state index contributed by atoms with van der Waals surface area (Å²) in [4.78, 5) is 26.6. The molecule has 0 radical (unpaired) electrons. The fourth-order valence-electron chi connectivity index (χ4n) is 4.53. The van der Waals surface area contributed by atoms with Crippen molar-refractivity contribution in [3.05, 3.63) is 35.9 Å². The lowest BCUT2D eigenvalue weighted by Gasteiger charge is -2.38. The third-order valence-electron chi connectivity index (χ3n) is 6.45. The zero-order valence-electron chi connectivity index (χ0n) is 20.8. The Bertz CT molecular complexity index is 770. The number of hydrogen-bond acceptors (Lipinski definition) is 6. The first-order valence-corrected chi connectivity index (χ1v) is 11.9. The Balaban J connectivity index is 1.54. The summed E-state index contributed by atoms with van der Waals surface area (Å²) in [5, 5.41) is 0. The summed E-state index contributed by atoms with van der Waals surface area (Å²) in [6.45, 7) is 8.23. The Morgan fingerprint density at radius 2 is 1.75 bits per heavy atom. The van der Waals surface area contributed by atoms with Crippen LogP contribution in [0.4, 0.5) is 0 Å². The van der Waals surface area contributed by atoms with E-state index in [1.165, 1.54) is 0 Å². The molecule has 2 atom stereocenters. The second-order valence-electron chi connectivity index (χ2n) is 10.0. The van der Waals surface area contributed by atoms with Gasteiger partial charge in [-0.25, -0.2) is 4.99 Å². The number of nitrogens with zero attached hydrogens (tertiary/aromatic N) is 5. The van der Waals surface area contributed by atoms with Crippen molar-refractivity contribution < 1.29 is 9.53 Å². The molecule has 0 aromatic heterocycles. The zero-order chi connectivity index (χ0) is 23.3. The van der Waals surface area contributed by atoms with Gasteiger partial charge < -0.3 is 19.4 Å². The van der Waals surface area contributed by atoms with Gasteiger partial charge in [0.2, 0.25) is 5.91 Å². The highest BCUT2D eigenvalue weighted by molar-refractivity contribution is 5.82. The highest BCUT2D eigenvalue weighted by Gasteiger charge is 2.41. The summed E-state index contributed by atoms with van der Waals surface area (Å²) < 4.78 is 6.33. The minimum Gasteiger partial charge on any atom is -0.454 e. The molecule has 3 rings (SSSR count). The van der Waals surface area contributed by atoms with Crippen LogP contribution in [-0.4, -0.2) is 104 Å². The normalized spacial score (nSPS) is 21.6. The van der Waals surface area contributed by atoms with Crippen molar-refractivity contribution in [3.8, 4) is 0 Å². The molecule has 0 N–H and O–H groups in total. The van der Waals surface area contributed by atoms with Crippen LogP contribution in [0.2, 0.25) is 0 Å². The summed E-state index contributed by atoms with van der Waals surface area (Å²) in [6, 6.07) is 11.0. The van der Waals surface area contributed by atoms with Gasteiger partial charge in [-0.05, 0) is 67.0 Å². The lowest BCUT2D eigenvalue weighted by molar-refractivity contribution is -0.137. The third-order valence-corrected chi connectivity index (χ3v) is 6.45. The molecule has 32 heavy (non-hydrogen) atoms. The third kappa shape index (κ3) is 6.01. The van der Waals surface area contributed by atoms with Crippen LogP contribution >= 0.6 is 0 Å². The number of benzene rings is 1. The van der Waals surface area contributed by atoms with E-state index in [4.69, 9.17) is 9.73 Å². The van der Waals surface area contributed by atoms with Gasteiger partial charge in [-0.2, -0.15) is 0 Å². The van der Waals surface area contributed by atoms with E-state index in [-0.39, 0.29) is 23.6 Å². The Hall–Kier alpha value is -2.12. The van der Waals surface area contributed by atoms with Crippen molar-refractivity contribution in [2.75, 3.05) is 60.9 Å². The van der Waals surface area contributed by atoms with Crippen molar-refractivity contribution in [3.63, 3.8) is 0 Å². The van der Waals surface area contributed by atoms with E-state index < -0.39 is 0 Å². The van der Waals surface area contributed by atoms with Crippen LogP contribution in [0.25, 0.3) is 0 Å². The van der Waals surface area contributed by atoms with Crippen molar-refractivity contribution in [2.45, 2.75) is 50.8 Å². The molecule has 0 spiro atoms. The number of amides is 1. The second-order valence-corrected chi connectivity index (χ2v) is 10.0. The molecule has 178 valence electrons. The predicted octanol–water partition coefficient (Wildman–Crippen LogP) is 2.70. The average Bonchev–Trinajstić information content (AvgIpc) is 3.08. The summed E-state index contributed by atoms with van der Waals surface area (Å²) in [5.41, 5.74) is 0.833. The van der Waals surface area contributed by atoms with Gasteiger partial charge in [-0.1, -0.05) is 36.8 Å². The van der Waals surface area contributed by atoms with Gasteiger partial charge in [0.15, 0.2) is 6.10 Å². The van der Waals surface area contributed by atoms with Gasteiger partial charge in [-0.15, -0.1) is 0 Å². The van der Waals surface area contributed by atoms with E-state index in [0.29, 0.717) is 19.1 Å². The molecule has 0 bridgehead atoms. The molecule has 2 aliphatic heterocycles. The Morgan fingerprint density at radius 1 is 1.09 bits per heavy atom. The molecule has 1 fully saturated rings. The van der Waals surface area contributed by atoms with Crippen LogP contribution in [0, 0.1) is 0 Å². The van der Waals surface area contributed by atoms with Crippen LogP contribution in [0.5, 0.6) is 0 Å². The summed E-state index contributed by atoms with van der Waals surface area (Å²) >= 11 is 0. The predicted molar refractivity (Wildman–Crippen MR) is 130 cm³/mol. The Labute approximate surface area is 194 Å². The van der Waals surface area contributed by atoms with Gasteiger partial charge >= 0.3 is 0 Å². The number of amidine groups is 1. The minimum absolute atomic E-state index is 0.0508. The van der Waals surface area contributed by atoms with E-state index in [2.05, 4.69) is 54.8 Å². The van der Waals surface area contributed by atoms with Crippen LogP contribution in [0.3, 0.4) is 0 Å². The Kier molecular flexibility index (Phi) is 8.17. The van der Waals surface area contributed by atoms with Gasteiger partial charge in [0.05, 0.1) is 6.04 Å². The molecule has 1 saturated heterocycles. The number of carbonyl (C=O) groups excluding carboxylic acids is 1. The number of hydrogen-bond donors (Lipinski definition) is 0. The van der Waals surface area contributed by atoms with Crippen molar-refractivity contribution >= 4 is 11.9 Å². The second kappa shape index (κ2) is 10.7. The molecule has 1 amide bonds. The number of aliphatic imine (C=N–C) groups is 1. The lowest BCUT2D eigenvalue weighted by Crippen LogP contribution is -2.55. The van der Waals surface area contributed by atoms with Crippen LogP contribution in [-0.2, 0) is 9.53 Å².